The summed E-state index contributed by atoms with van der Waals surface area (Å²) in [6.45, 7) is 6.78. The predicted octanol–water partition coefficient (Wildman–Crippen LogP) is 3.67. The van der Waals surface area contributed by atoms with E-state index in [9.17, 15) is 0 Å². The zero-order valence-electron chi connectivity index (χ0n) is 13.2. The van der Waals surface area contributed by atoms with Crippen LogP contribution < -0.4 is 0 Å². The molecule has 0 atom stereocenters. The smallest absolute Gasteiger partial charge is 0.246 e. The first-order valence-electron chi connectivity index (χ1n) is 7.60. The van der Waals surface area contributed by atoms with Gasteiger partial charge in [-0.15, -0.1) is 0 Å². The summed E-state index contributed by atoms with van der Waals surface area (Å²) in [5, 5.41) is 4.00. The van der Waals surface area contributed by atoms with Crippen molar-refractivity contribution in [3.63, 3.8) is 0 Å². The number of rotatable bonds is 5. The van der Waals surface area contributed by atoms with Gasteiger partial charge in [-0.05, 0) is 12.0 Å². The molecule has 5 heteroatoms. The van der Waals surface area contributed by atoms with E-state index in [1.807, 2.05) is 24.6 Å². The quantitative estimate of drug-likeness (QED) is 0.721. The molecule has 2 aromatic heterocycles. The standard InChI is InChI=1S/C17H20N4O/c1-4-13-5-7-14(8-6-13)17-18-9-10-21(17)11-15-19-16(12(2)3)20-22-15/h5-10,12H,4,11H2,1-3H3. The van der Waals surface area contributed by atoms with Gasteiger partial charge < -0.3 is 9.09 Å². The molecule has 3 aromatic rings. The maximum Gasteiger partial charge on any atom is 0.246 e. The first-order valence-corrected chi connectivity index (χ1v) is 7.60. The molecule has 3 rings (SSSR count). The molecule has 0 aliphatic rings. The molecule has 22 heavy (non-hydrogen) atoms. The van der Waals surface area contributed by atoms with Crippen LogP contribution in [0.15, 0.2) is 41.2 Å². The largest absolute Gasteiger partial charge is 0.337 e. The van der Waals surface area contributed by atoms with E-state index < -0.39 is 0 Å². The summed E-state index contributed by atoms with van der Waals surface area (Å²) in [5.41, 5.74) is 2.41. The highest BCUT2D eigenvalue weighted by atomic mass is 16.5. The van der Waals surface area contributed by atoms with Gasteiger partial charge in [0.1, 0.15) is 12.4 Å². The Morgan fingerprint density at radius 1 is 1.18 bits per heavy atom. The number of hydrogen-bond acceptors (Lipinski definition) is 4. The van der Waals surface area contributed by atoms with E-state index in [0.717, 1.165) is 23.6 Å². The third-order valence-electron chi connectivity index (χ3n) is 3.64. The third-order valence-corrected chi connectivity index (χ3v) is 3.64. The minimum absolute atomic E-state index is 0.265. The SMILES string of the molecule is CCc1ccc(-c2nccn2Cc2nc(C(C)C)no2)cc1. The van der Waals surface area contributed by atoms with Crippen molar-refractivity contribution in [2.75, 3.05) is 0 Å². The summed E-state index contributed by atoms with van der Waals surface area (Å²) in [5.74, 6) is 2.52. The van der Waals surface area contributed by atoms with Gasteiger partial charge in [-0.2, -0.15) is 4.98 Å². The van der Waals surface area contributed by atoms with Gasteiger partial charge in [0.2, 0.25) is 5.89 Å². The molecule has 0 N–H and O–H groups in total. The molecule has 0 aliphatic heterocycles. The first kappa shape index (κ1) is 14.5. The lowest BCUT2D eigenvalue weighted by atomic mass is 10.1. The van der Waals surface area contributed by atoms with Crippen LogP contribution in [0.3, 0.4) is 0 Å². The summed E-state index contributed by atoms with van der Waals surface area (Å²) < 4.78 is 7.34. The maximum absolute atomic E-state index is 5.32. The summed E-state index contributed by atoms with van der Waals surface area (Å²) in [6, 6.07) is 8.48. The zero-order valence-corrected chi connectivity index (χ0v) is 13.2. The molecule has 0 unspecified atom stereocenters. The number of imidazole rings is 1. The van der Waals surface area contributed by atoms with Crippen LogP contribution in [0.2, 0.25) is 0 Å². The Labute approximate surface area is 130 Å². The van der Waals surface area contributed by atoms with Crippen LogP contribution in [0.1, 0.15) is 44.0 Å². The Morgan fingerprint density at radius 3 is 2.59 bits per heavy atom. The van der Waals surface area contributed by atoms with Crippen LogP contribution >= 0.6 is 0 Å². The van der Waals surface area contributed by atoms with Gasteiger partial charge in [-0.3, -0.25) is 0 Å². The van der Waals surface area contributed by atoms with Crippen molar-refractivity contribution < 1.29 is 4.52 Å². The Morgan fingerprint density at radius 2 is 1.95 bits per heavy atom. The second-order valence-electron chi connectivity index (χ2n) is 5.63. The van der Waals surface area contributed by atoms with Gasteiger partial charge in [-0.25, -0.2) is 4.98 Å². The Kier molecular flexibility index (Phi) is 4.04. The highest BCUT2D eigenvalue weighted by Gasteiger charge is 2.12. The minimum Gasteiger partial charge on any atom is -0.337 e. The second kappa shape index (κ2) is 6.13. The zero-order chi connectivity index (χ0) is 15.5. The number of nitrogens with zero attached hydrogens (tertiary/aromatic N) is 4. The molecular formula is C17H20N4O. The van der Waals surface area contributed by atoms with Gasteiger partial charge in [0, 0.05) is 23.9 Å². The minimum atomic E-state index is 0.265. The van der Waals surface area contributed by atoms with Crippen molar-refractivity contribution in [1.82, 2.24) is 19.7 Å². The van der Waals surface area contributed by atoms with Gasteiger partial charge in [0.15, 0.2) is 5.82 Å². The van der Waals surface area contributed by atoms with E-state index in [2.05, 4.69) is 46.3 Å². The second-order valence-corrected chi connectivity index (χ2v) is 5.63. The Balaban J connectivity index is 1.84. The van der Waals surface area contributed by atoms with Crippen molar-refractivity contribution in [2.24, 2.45) is 0 Å². The Hall–Kier alpha value is -2.43. The van der Waals surface area contributed by atoms with E-state index in [4.69, 9.17) is 4.52 Å². The maximum atomic E-state index is 5.32. The summed E-state index contributed by atoms with van der Waals surface area (Å²) >= 11 is 0. The van der Waals surface area contributed by atoms with Crippen LogP contribution in [-0.4, -0.2) is 19.7 Å². The van der Waals surface area contributed by atoms with Crippen LogP contribution in [0.5, 0.6) is 0 Å². The highest BCUT2D eigenvalue weighted by molar-refractivity contribution is 5.56. The fourth-order valence-corrected chi connectivity index (χ4v) is 2.30. The molecular weight excluding hydrogens is 276 g/mol. The molecule has 0 amide bonds. The molecule has 0 bridgehead atoms. The van der Waals surface area contributed by atoms with E-state index >= 15 is 0 Å². The summed E-state index contributed by atoms with van der Waals surface area (Å²) in [4.78, 5) is 8.87. The van der Waals surface area contributed by atoms with Gasteiger partial charge in [-0.1, -0.05) is 50.2 Å². The number of aromatic nitrogens is 4. The molecule has 0 fully saturated rings. The number of hydrogen-bond donors (Lipinski definition) is 0. The highest BCUT2D eigenvalue weighted by Crippen LogP contribution is 2.19. The number of benzene rings is 1. The Bertz CT molecular complexity index is 740. The van der Waals surface area contributed by atoms with Gasteiger partial charge in [0.25, 0.3) is 0 Å². The van der Waals surface area contributed by atoms with Crippen molar-refractivity contribution >= 4 is 0 Å². The first-order chi connectivity index (χ1) is 10.7. The van der Waals surface area contributed by atoms with Gasteiger partial charge >= 0.3 is 0 Å². The van der Waals surface area contributed by atoms with Crippen LogP contribution in [0.25, 0.3) is 11.4 Å². The fourth-order valence-electron chi connectivity index (χ4n) is 2.30. The molecule has 2 heterocycles. The number of aryl methyl sites for hydroxylation is 1. The summed E-state index contributed by atoms with van der Waals surface area (Å²) in [6.07, 6.45) is 4.76. The predicted molar refractivity (Wildman–Crippen MR) is 84.5 cm³/mol. The monoisotopic (exact) mass is 296 g/mol. The fraction of sp³-hybridized carbons (Fsp3) is 0.353. The molecule has 0 radical (unpaired) electrons. The van der Waals surface area contributed by atoms with E-state index in [1.165, 1.54) is 5.56 Å². The van der Waals surface area contributed by atoms with Crippen LogP contribution in [0.4, 0.5) is 0 Å². The van der Waals surface area contributed by atoms with E-state index in [1.54, 1.807) is 6.20 Å². The molecule has 0 aliphatic carbocycles. The van der Waals surface area contributed by atoms with Crippen molar-refractivity contribution in [3.05, 3.63) is 53.9 Å². The molecule has 5 nitrogen and oxygen atoms in total. The molecule has 0 spiro atoms. The van der Waals surface area contributed by atoms with Crippen molar-refractivity contribution in [2.45, 2.75) is 39.7 Å². The molecule has 0 saturated carbocycles. The van der Waals surface area contributed by atoms with Crippen LogP contribution in [0, 0.1) is 0 Å². The average Bonchev–Trinajstić information content (AvgIpc) is 3.17. The summed E-state index contributed by atoms with van der Waals surface area (Å²) in [7, 11) is 0. The average molecular weight is 296 g/mol. The van der Waals surface area contributed by atoms with E-state index in [0.29, 0.717) is 12.4 Å². The lowest BCUT2D eigenvalue weighted by Gasteiger charge is -2.06. The molecule has 1 aromatic carbocycles. The topological polar surface area (TPSA) is 56.7 Å². The van der Waals surface area contributed by atoms with E-state index in [-0.39, 0.29) is 5.92 Å². The normalized spacial score (nSPS) is 11.3. The molecule has 114 valence electrons. The lowest BCUT2D eigenvalue weighted by molar-refractivity contribution is 0.365. The van der Waals surface area contributed by atoms with Crippen molar-refractivity contribution in [1.29, 1.82) is 0 Å². The van der Waals surface area contributed by atoms with Gasteiger partial charge in [0.05, 0.1) is 0 Å². The molecule has 0 saturated heterocycles. The third kappa shape index (κ3) is 2.93. The van der Waals surface area contributed by atoms with Crippen molar-refractivity contribution in [3.8, 4) is 11.4 Å². The van der Waals surface area contributed by atoms with Crippen LogP contribution in [-0.2, 0) is 13.0 Å². The lowest BCUT2D eigenvalue weighted by Crippen LogP contribution is -2.02.